The summed E-state index contributed by atoms with van der Waals surface area (Å²) in [5.74, 6) is 0.353. The molecular formula is C11H15N. The maximum absolute atomic E-state index is 7.10. The van der Waals surface area contributed by atoms with E-state index in [0.29, 0.717) is 5.92 Å². The first-order chi connectivity index (χ1) is 5.74. The molecule has 0 saturated heterocycles. The van der Waals surface area contributed by atoms with Crippen LogP contribution in [0.5, 0.6) is 0 Å². The normalized spacial score (nSPS) is 12.5. The third-order valence-electron chi connectivity index (χ3n) is 2.09. The molecule has 1 rings (SSSR count). The van der Waals surface area contributed by atoms with Crippen molar-refractivity contribution in [1.82, 2.24) is 0 Å². The van der Waals surface area contributed by atoms with Gasteiger partial charge in [0.1, 0.15) is 0 Å². The van der Waals surface area contributed by atoms with E-state index in [0.717, 1.165) is 6.42 Å². The van der Waals surface area contributed by atoms with Gasteiger partial charge in [-0.15, -0.1) is 0 Å². The lowest BCUT2D eigenvalue weighted by Crippen LogP contribution is -2.01. The number of hydrogen-bond acceptors (Lipinski definition) is 1. The van der Waals surface area contributed by atoms with Gasteiger partial charge in [-0.2, -0.15) is 0 Å². The van der Waals surface area contributed by atoms with Crippen molar-refractivity contribution in [2.75, 3.05) is 0 Å². The summed E-state index contributed by atoms with van der Waals surface area (Å²) in [5.41, 5.74) is 2.68. The molecule has 0 bridgehead atoms. The Balaban J connectivity index is 2.75. The van der Waals surface area contributed by atoms with Crippen molar-refractivity contribution in [2.45, 2.75) is 20.3 Å². The van der Waals surface area contributed by atoms with E-state index in [1.165, 1.54) is 17.3 Å². The first kappa shape index (κ1) is 8.98. The fraction of sp³-hybridized carbons (Fsp3) is 0.364. The molecule has 0 aliphatic heterocycles. The van der Waals surface area contributed by atoms with Gasteiger partial charge in [0.15, 0.2) is 0 Å². The molecule has 0 amide bonds. The summed E-state index contributed by atoms with van der Waals surface area (Å²) in [4.78, 5) is 0. The minimum absolute atomic E-state index is 0.353. The zero-order valence-corrected chi connectivity index (χ0v) is 7.67. The van der Waals surface area contributed by atoms with E-state index in [2.05, 4.69) is 32.0 Å². The van der Waals surface area contributed by atoms with Gasteiger partial charge in [0.25, 0.3) is 0 Å². The minimum Gasteiger partial charge on any atom is -0.313 e. The summed E-state index contributed by atoms with van der Waals surface area (Å²) in [7, 11) is 0. The molecular weight excluding hydrogens is 146 g/mol. The van der Waals surface area contributed by atoms with Gasteiger partial charge < -0.3 is 5.41 Å². The molecule has 0 fully saturated rings. The Morgan fingerprint density at radius 1 is 1.42 bits per heavy atom. The van der Waals surface area contributed by atoms with Crippen molar-refractivity contribution in [2.24, 2.45) is 5.92 Å². The highest BCUT2D eigenvalue weighted by molar-refractivity contribution is 5.57. The molecule has 1 nitrogen and oxygen atoms in total. The predicted molar refractivity (Wildman–Crippen MR) is 52.8 cm³/mol. The number of benzene rings is 1. The van der Waals surface area contributed by atoms with Gasteiger partial charge >= 0.3 is 0 Å². The average Bonchev–Trinajstić information content (AvgIpc) is 2.09. The standard InChI is InChI=1S/C11H15N/c1-9(8-12)7-11-6-4-3-5-10(11)2/h3-6,8-9,12H,7H2,1-2H3. The molecule has 1 atom stereocenters. The Labute approximate surface area is 73.9 Å². The van der Waals surface area contributed by atoms with Crippen LogP contribution in [0.15, 0.2) is 24.3 Å². The van der Waals surface area contributed by atoms with E-state index in [1.54, 1.807) is 0 Å². The van der Waals surface area contributed by atoms with Crippen LogP contribution in [0.4, 0.5) is 0 Å². The summed E-state index contributed by atoms with van der Waals surface area (Å²) in [6, 6.07) is 8.36. The number of aryl methyl sites for hydroxylation is 1. The second kappa shape index (κ2) is 4.05. The van der Waals surface area contributed by atoms with Crippen LogP contribution in [0.2, 0.25) is 0 Å². The zero-order chi connectivity index (χ0) is 8.97. The van der Waals surface area contributed by atoms with Crippen molar-refractivity contribution >= 4 is 6.21 Å². The lowest BCUT2D eigenvalue weighted by molar-refractivity contribution is 0.775. The molecule has 0 radical (unpaired) electrons. The zero-order valence-electron chi connectivity index (χ0n) is 7.67. The van der Waals surface area contributed by atoms with Gasteiger partial charge in [0.05, 0.1) is 0 Å². The molecule has 0 saturated carbocycles. The highest BCUT2D eigenvalue weighted by Crippen LogP contribution is 2.11. The van der Waals surface area contributed by atoms with Crippen LogP contribution < -0.4 is 0 Å². The largest absolute Gasteiger partial charge is 0.313 e. The van der Waals surface area contributed by atoms with Crippen LogP contribution in [0.25, 0.3) is 0 Å². The number of nitrogens with one attached hydrogen (secondary N) is 1. The Kier molecular flexibility index (Phi) is 3.03. The number of rotatable bonds is 3. The SMILES string of the molecule is Cc1ccccc1CC(C)C=N. The molecule has 0 spiro atoms. The van der Waals surface area contributed by atoms with Crippen molar-refractivity contribution in [1.29, 1.82) is 5.41 Å². The fourth-order valence-electron chi connectivity index (χ4n) is 1.24. The van der Waals surface area contributed by atoms with Crippen molar-refractivity contribution < 1.29 is 0 Å². The molecule has 12 heavy (non-hydrogen) atoms. The molecule has 0 heterocycles. The molecule has 0 aliphatic carbocycles. The lowest BCUT2D eigenvalue weighted by Gasteiger charge is -2.07. The second-order valence-electron chi connectivity index (χ2n) is 3.27. The van der Waals surface area contributed by atoms with Gasteiger partial charge in [0, 0.05) is 0 Å². The molecule has 64 valence electrons. The number of hydrogen-bond donors (Lipinski definition) is 1. The Morgan fingerprint density at radius 2 is 2.08 bits per heavy atom. The monoisotopic (exact) mass is 161 g/mol. The molecule has 1 aromatic rings. The van der Waals surface area contributed by atoms with Gasteiger partial charge in [-0.25, -0.2) is 0 Å². The van der Waals surface area contributed by atoms with Gasteiger partial charge in [-0.3, -0.25) is 0 Å². The molecule has 1 aromatic carbocycles. The van der Waals surface area contributed by atoms with Crippen LogP contribution >= 0.6 is 0 Å². The molecule has 0 aromatic heterocycles. The Hall–Kier alpha value is -1.11. The quantitative estimate of drug-likeness (QED) is 0.659. The van der Waals surface area contributed by atoms with Crippen molar-refractivity contribution in [3.8, 4) is 0 Å². The van der Waals surface area contributed by atoms with Crippen LogP contribution in [0, 0.1) is 18.3 Å². The van der Waals surface area contributed by atoms with Crippen LogP contribution in [0.3, 0.4) is 0 Å². The predicted octanol–water partition coefficient (Wildman–Crippen LogP) is 2.82. The van der Waals surface area contributed by atoms with E-state index < -0.39 is 0 Å². The van der Waals surface area contributed by atoms with Gasteiger partial charge in [0.2, 0.25) is 0 Å². The summed E-state index contributed by atoms with van der Waals surface area (Å²) in [6.45, 7) is 4.19. The average molecular weight is 161 g/mol. The minimum atomic E-state index is 0.353. The summed E-state index contributed by atoms with van der Waals surface area (Å²) >= 11 is 0. The highest BCUT2D eigenvalue weighted by Gasteiger charge is 2.01. The van der Waals surface area contributed by atoms with Gasteiger partial charge in [-0.1, -0.05) is 31.2 Å². The smallest absolute Gasteiger partial charge is 0.00162 e. The second-order valence-corrected chi connectivity index (χ2v) is 3.27. The maximum Gasteiger partial charge on any atom is -0.00162 e. The summed E-state index contributed by atoms with van der Waals surface area (Å²) < 4.78 is 0. The molecule has 1 N–H and O–H groups in total. The van der Waals surface area contributed by atoms with E-state index >= 15 is 0 Å². The first-order valence-electron chi connectivity index (χ1n) is 4.29. The van der Waals surface area contributed by atoms with E-state index in [9.17, 15) is 0 Å². The highest BCUT2D eigenvalue weighted by atomic mass is 14.3. The third kappa shape index (κ3) is 2.19. The van der Waals surface area contributed by atoms with Crippen LogP contribution in [-0.2, 0) is 6.42 Å². The molecule has 1 heteroatoms. The third-order valence-corrected chi connectivity index (χ3v) is 2.09. The maximum atomic E-state index is 7.10. The Morgan fingerprint density at radius 3 is 2.67 bits per heavy atom. The van der Waals surface area contributed by atoms with E-state index in [-0.39, 0.29) is 0 Å². The Bertz CT molecular complexity index is 265. The molecule has 1 unspecified atom stereocenters. The van der Waals surface area contributed by atoms with Gasteiger partial charge in [-0.05, 0) is 36.6 Å². The summed E-state index contributed by atoms with van der Waals surface area (Å²) in [5, 5.41) is 7.10. The van der Waals surface area contributed by atoms with Crippen molar-refractivity contribution in [3.05, 3.63) is 35.4 Å². The first-order valence-corrected chi connectivity index (χ1v) is 4.29. The van der Waals surface area contributed by atoms with Crippen LogP contribution in [-0.4, -0.2) is 6.21 Å². The molecule has 0 aliphatic rings. The lowest BCUT2D eigenvalue weighted by atomic mass is 9.98. The van der Waals surface area contributed by atoms with Crippen LogP contribution in [0.1, 0.15) is 18.1 Å². The van der Waals surface area contributed by atoms with E-state index in [1.807, 2.05) is 6.07 Å². The topological polar surface area (TPSA) is 23.9 Å². The summed E-state index contributed by atoms with van der Waals surface area (Å²) in [6.07, 6.45) is 2.49. The van der Waals surface area contributed by atoms with E-state index in [4.69, 9.17) is 5.41 Å². The fourth-order valence-corrected chi connectivity index (χ4v) is 1.24. The van der Waals surface area contributed by atoms with Crippen molar-refractivity contribution in [3.63, 3.8) is 0 Å².